The van der Waals surface area contributed by atoms with Crippen LogP contribution in [0.15, 0.2) is 42.5 Å². The third-order valence-electron chi connectivity index (χ3n) is 4.34. The zero-order valence-electron chi connectivity index (χ0n) is 14.2. The Hall–Kier alpha value is -3.00. The van der Waals surface area contributed by atoms with Gasteiger partial charge in [0.2, 0.25) is 5.91 Å². The first-order valence-corrected chi connectivity index (χ1v) is 8.99. The van der Waals surface area contributed by atoms with Crippen LogP contribution in [0.2, 0.25) is 0 Å². The molecule has 0 atom stereocenters. The van der Waals surface area contributed by atoms with E-state index in [1.165, 1.54) is 0 Å². The fraction of sp³-hybridized carbons (Fsp3) is 0.222. The first-order valence-electron chi connectivity index (χ1n) is 8.26. The van der Waals surface area contributed by atoms with Crippen molar-refractivity contribution in [3.8, 4) is 0 Å². The molecule has 1 aliphatic heterocycles. The molecule has 2 heterocycles. The van der Waals surface area contributed by atoms with E-state index in [-0.39, 0.29) is 18.5 Å². The van der Waals surface area contributed by atoms with Crippen LogP contribution < -0.4 is 10.2 Å². The van der Waals surface area contributed by atoms with Crippen molar-refractivity contribution >= 4 is 46.1 Å². The highest BCUT2D eigenvalue weighted by atomic mass is 32.1. The van der Waals surface area contributed by atoms with Gasteiger partial charge in [-0.1, -0.05) is 23.8 Å². The molecule has 0 radical (unpaired) electrons. The molecule has 0 saturated carbocycles. The van der Waals surface area contributed by atoms with Crippen molar-refractivity contribution < 1.29 is 9.59 Å². The van der Waals surface area contributed by atoms with Crippen molar-refractivity contribution in [1.82, 2.24) is 13.6 Å². The number of aryl methyl sites for hydroxylation is 1. The number of benzene rings is 2. The van der Waals surface area contributed by atoms with Crippen molar-refractivity contribution in [2.24, 2.45) is 0 Å². The van der Waals surface area contributed by atoms with E-state index in [4.69, 9.17) is 0 Å². The van der Waals surface area contributed by atoms with Gasteiger partial charge in [0.25, 0.3) is 0 Å². The summed E-state index contributed by atoms with van der Waals surface area (Å²) in [6.45, 7) is 3.10. The van der Waals surface area contributed by atoms with Crippen molar-refractivity contribution in [2.45, 2.75) is 6.92 Å². The Morgan fingerprint density at radius 1 is 1.15 bits per heavy atom. The number of nitrogens with zero attached hydrogens (tertiary/aromatic N) is 4. The smallest absolute Gasteiger partial charge is 0.323 e. The summed E-state index contributed by atoms with van der Waals surface area (Å²) in [6, 6.07) is 13.1. The van der Waals surface area contributed by atoms with Gasteiger partial charge >= 0.3 is 6.03 Å². The Kier molecular flexibility index (Phi) is 4.26. The molecule has 0 aliphatic carbocycles. The highest BCUT2D eigenvalue weighted by Crippen LogP contribution is 2.22. The number of hydrogen-bond acceptors (Lipinski definition) is 5. The number of carbonyl (C=O) groups excluding carboxylic acids is 2. The molecule has 4 rings (SSSR count). The molecule has 1 N–H and O–H groups in total. The summed E-state index contributed by atoms with van der Waals surface area (Å²) in [4.78, 5) is 28.2. The minimum Gasteiger partial charge on any atom is -0.323 e. The summed E-state index contributed by atoms with van der Waals surface area (Å²) in [5.41, 5.74) is 4.02. The lowest BCUT2D eigenvalue weighted by atomic mass is 10.2. The minimum absolute atomic E-state index is 0.00908. The highest BCUT2D eigenvalue weighted by Gasteiger charge is 2.30. The quantitative estimate of drug-likeness (QED) is 0.769. The second-order valence-electron chi connectivity index (χ2n) is 6.18. The van der Waals surface area contributed by atoms with Crippen LogP contribution in [-0.2, 0) is 4.79 Å². The Morgan fingerprint density at radius 2 is 1.96 bits per heavy atom. The van der Waals surface area contributed by atoms with Crippen molar-refractivity contribution in [3.63, 3.8) is 0 Å². The normalized spacial score (nSPS) is 14.3. The van der Waals surface area contributed by atoms with E-state index in [9.17, 15) is 9.59 Å². The summed E-state index contributed by atoms with van der Waals surface area (Å²) >= 11 is 1.10. The number of nitrogens with one attached hydrogen (secondary N) is 1. The number of hydrogen-bond donors (Lipinski definition) is 1. The van der Waals surface area contributed by atoms with Gasteiger partial charge in [-0.3, -0.25) is 9.69 Å². The van der Waals surface area contributed by atoms with Crippen LogP contribution in [0.5, 0.6) is 0 Å². The van der Waals surface area contributed by atoms with Gasteiger partial charge in [0.05, 0.1) is 17.4 Å². The van der Waals surface area contributed by atoms with Gasteiger partial charge in [0, 0.05) is 18.8 Å². The standard InChI is InChI=1S/C18H17N5O2S/c1-12-5-7-13(8-6-12)23-10-9-22(18(23)25)11-16(24)19-14-3-2-4-15-17(14)21-26-20-15/h2-8H,9-11H2,1H3,(H,19,24). The lowest BCUT2D eigenvalue weighted by molar-refractivity contribution is -0.116. The van der Waals surface area contributed by atoms with Crippen LogP contribution in [-0.4, -0.2) is 45.2 Å². The number of fused-ring (bicyclic) bond motifs is 1. The number of aromatic nitrogens is 2. The fourth-order valence-corrected chi connectivity index (χ4v) is 3.51. The summed E-state index contributed by atoms with van der Waals surface area (Å²) in [6.07, 6.45) is 0. The van der Waals surface area contributed by atoms with E-state index < -0.39 is 0 Å². The van der Waals surface area contributed by atoms with E-state index in [1.54, 1.807) is 15.9 Å². The van der Waals surface area contributed by atoms with Gasteiger partial charge in [-0.2, -0.15) is 8.75 Å². The monoisotopic (exact) mass is 367 g/mol. The van der Waals surface area contributed by atoms with Gasteiger partial charge in [-0.15, -0.1) is 0 Å². The number of anilines is 2. The van der Waals surface area contributed by atoms with Crippen molar-refractivity contribution in [2.75, 3.05) is 29.9 Å². The van der Waals surface area contributed by atoms with E-state index in [0.717, 1.165) is 28.5 Å². The Bertz CT molecular complexity index is 969. The molecule has 1 aliphatic rings. The van der Waals surface area contributed by atoms with Gasteiger partial charge in [0.15, 0.2) is 0 Å². The maximum absolute atomic E-state index is 12.6. The molecule has 3 amide bonds. The van der Waals surface area contributed by atoms with Crippen LogP contribution in [0, 0.1) is 6.92 Å². The molecule has 3 aromatic rings. The number of amides is 3. The predicted molar refractivity (Wildman–Crippen MR) is 102 cm³/mol. The molecule has 0 unspecified atom stereocenters. The highest BCUT2D eigenvalue weighted by molar-refractivity contribution is 7.00. The number of urea groups is 1. The Labute approximate surface area is 154 Å². The van der Waals surface area contributed by atoms with Crippen molar-refractivity contribution in [1.29, 1.82) is 0 Å². The second-order valence-corrected chi connectivity index (χ2v) is 6.71. The van der Waals surface area contributed by atoms with Crippen LogP contribution in [0.1, 0.15) is 5.56 Å². The summed E-state index contributed by atoms with van der Waals surface area (Å²) in [5.74, 6) is -0.246. The van der Waals surface area contributed by atoms with Crippen LogP contribution in [0.4, 0.5) is 16.2 Å². The topological polar surface area (TPSA) is 78.4 Å². The third kappa shape index (κ3) is 3.11. The van der Waals surface area contributed by atoms with Gasteiger partial charge in [0.1, 0.15) is 17.6 Å². The van der Waals surface area contributed by atoms with Gasteiger partial charge in [-0.05, 0) is 31.2 Å². The first kappa shape index (κ1) is 16.5. The average molecular weight is 367 g/mol. The summed E-state index contributed by atoms with van der Waals surface area (Å²) in [5, 5.41) is 2.83. The molecule has 26 heavy (non-hydrogen) atoms. The summed E-state index contributed by atoms with van der Waals surface area (Å²) < 4.78 is 8.36. The fourth-order valence-electron chi connectivity index (χ4n) is 2.96. The molecule has 8 heteroatoms. The van der Waals surface area contributed by atoms with E-state index in [1.807, 2.05) is 43.3 Å². The lowest BCUT2D eigenvalue weighted by Crippen LogP contribution is -2.37. The maximum Gasteiger partial charge on any atom is 0.325 e. The van der Waals surface area contributed by atoms with Crippen LogP contribution in [0.25, 0.3) is 11.0 Å². The third-order valence-corrected chi connectivity index (χ3v) is 4.88. The van der Waals surface area contributed by atoms with Gasteiger partial charge < -0.3 is 10.2 Å². The number of rotatable bonds is 4. The molecule has 0 spiro atoms. The molecule has 2 aromatic carbocycles. The molecular formula is C18H17N5O2S. The van der Waals surface area contributed by atoms with E-state index in [0.29, 0.717) is 24.3 Å². The van der Waals surface area contributed by atoms with Crippen LogP contribution in [0.3, 0.4) is 0 Å². The van der Waals surface area contributed by atoms with Crippen molar-refractivity contribution in [3.05, 3.63) is 48.0 Å². The van der Waals surface area contributed by atoms with E-state index in [2.05, 4.69) is 14.1 Å². The summed E-state index contributed by atoms with van der Waals surface area (Å²) in [7, 11) is 0. The zero-order valence-corrected chi connectivity index (χ0v) is 15.0. The molecule has 1 saturated heterocycles. The van der Waals surface area contributed by atoms with Gasteiger partial charge in [-0.25, -0.2) is 4.79 Å². The maximum atomic E-state index is 12.6. The zero-order chi connectivity index (χ0) is 18.1. The lowest BCUT2D eigenvalue weighted by Gasteiger charge is -2.18. The average Bonchev–Trinajstić information content (AvgIpc) is 3.24. The molecular weight excluding hydrogens is 350 g/mol. The SMILES string of the molecule is Cc1ccc(N2CCN(CC(=O)Nc3cccc4nsnc34)C2=O)cc1. The second kappa shape index (κ2) is 6.72. The minimum atomic E-state index is -0.246. The van der Waals surface area contributed by atoms with Crippen LogP contribution >= 0.6 is 11.7 Å². The number of carbonyl (C=O) groups is 2. The first-order chi connectivity index (χ1) is 12.6. The Morgan fingerprint density at radius 3 is 2.77 bits per heavy atom. The molecule has 7 nitrogen and oxygen atoms in total. The predicted octanol–water partition coefficient (Wildman–Crippen LogP) is 2.88. The largest absolute Gasteiger partial charge is 0.325 e. The molecule has 132 valence electrons. The molecule has 1 aromatic heterocycles. The van der Waals surface area contributed by atoms with E-state index >= 15 is 0 Å². The molecule has 0 bridgehead atoms. The Balaban J connectivity index is 1.43. The molecule has 1 fully saturated rings.